The first-order valence-electron chi connectivity index (χ1n) is 7.65. The van der Waals surface area contributed by atoms with Crippen LogP contribution >= 0.6 is 11.3 Å². The minimum Gasteiger partial charge on any atom is -0.393 e. The summed E-state index contributed by atoms with van der Waals surface area (Å²) in [6, 6.07) is 0. The summed E-state index contributed by atoms with van der Waals surface area (Å²) in [6.45, 7) is 7.11. The zero-order valence-electron chi connectivity index (χ0n) is 14.3. The Hall–Kier alpha value is -1.57. The van der Waals surface area contributed by atoms with E-state index in [0.29, 0.717) is 12.1 Å². The number of aliphatic hydroxyl groups excluding tert-OH is 1. The van der Waals surface area contributed by atoms with Crippen LogP contribution in [0.25, 0.3) is 10.6 Å². The SMILES string of the molecule is Cc1nn(C)c(=O)c(-c2nc(CN(C)CCC(C)O)cs2)c1C. The third-order valence-corrected chi connectivity index (χ3v) is 4.76. The van der Waals surface area contributed by atoms with Gasteiger partial charge in [0.15, 0.2) is 0 Å². The summed E-state index contributed by atoms with van der Waals surface area (Å²) in [4.78, 5) is 19.1. The van der Waals surface area contributed by atoms with Gasteiger partial charge in [-0.1, -0.05) is 0 Å². The van der Waals surface area contributed by atoms with Crippen molar-refractivity contribution in [2.45, 2.75) is 39.8 Å². The van der Waals surface area contributed by atoms with E-state index in [-0.39, 0.29) is 11.7 Å². The normalized spacial score (nSPS) is 12.8. The van der Waals surface area contributed by atoms with Gasteiger partial charge in [-0.2, -0.15) is 5.10 Å². The first-order chi connectivity index (χ1) is 10.8. The molecule has 0 bridgehead atoms. The van der Waals surface area contributed by atoms with Gasteiger partial charge in [-0.3, -0.25) is 4.79 Å². The molecule has 7 heteroatoms. The largest absolute Gasteiger partial charge is 0.393 e. The van der Waals surface area contributed by atoms with E-state index in [1.54, 1.807) is 14.0 Å². The Bertz CT molecular complexity index is 736. The smallest absolute Gasteiger partial charge is 0.277 e. The van der Waals surface area contributed by atoms with Crippen molar-refractivity contribution in [3.63, 3.8) is 0 Å². The Morgan fingerprint density at radius 2 is 2.13 bits per heavy atom. The Labute approximate surface area is 140 Å². The summed E-state index contributed by atoms with van der Waals surface area (Å²) in [7, 11) is 3.67. The third-order valence-electron chi connectivity index (χ3n) is 3.85. The number of thiazole rings is 1. The van der Waals surface area contributed by atoms with Crippen molar-refractivity contribution in [2.75, 3.05) is 13.6 Å². The molecule has 0 fully saturated rings. The monoisotopic (exact) mass is 336 g/mol. The van der Waals surface area contributed by atoms with Gasteiger partial charge in [-0.15, -0.1) is 11.3 Å². The summed E-state index contributed by atoms with van der Waals surface area (Å²) in [5, 5.41) is 16.3. The number of aryl methyl sites for hydroxylation is 2. The van der Waals surface area contributed by atoms with Gasteiger partial charge in [0.2, 0.25) is 0 Å². The van der Waals surface area contributed by atoms with Gasteiger partial charge in [-0.05, 0) is 39.8 Å². The molecular weight excluding hydrogens is 312 g/mol. The van der Waals surface area contributed by atoms with Crippen molar-refractivity contribution >= 4 is 11.3 Å². The number of hydrogen-bond donors (Lipinski definition) is 1. The number of aromatic nitrogens is 3. The van der Waals surface area contributed by atoms with Gasteiger partial charge in [0.05, 0.1) is 23.1 Å². The number of aliphatic hydroxyl groups is 1. The molecular formula is C16H24N4O2S. The Kier molecular flexibility index (Phi) is 5.67. The summed E-state index contributed by atoms with van der Waals surface area (Å²) < 4.78 is 1.37. The average molecular weight is 336 g/mol. The fourth-order valence-electron chi connectivity index (χ4n) is 2.36. The third kappa shape index (κ3) is 4.25. The molecule has 2 heterocycles. The molecule has 1 N–H and O–H groups in total. The van der Waals surface area contributed by atoms with Gasteiger partial charge in [0.1, 0.15) is 5.01 Å². The topological polar surface area (TPSA) is 71.2 Å². The van der Waals surface area contributed by atoms with Crippen LogP contribution in [0.2, 0.25) is 0 Å². The second-order valence-corrected chi connectivity index (χ2v) is 6.89. The lowest BCUT2D eigenvalue weighted by molar-refractivity contribution is 0.162. The highest BCUT2D eigenvalue weighted by molar-refractivity contribution is 7.13. The Balaban J connectivity index is 2.22. The highest BCUT2D eigenvalue weighted by atomic mass is 32.1. The predicted octanol–water partition coefficient (Wildman–Crippen LogP) is 1.72. The van der Waals surface area contributed by atoms with E-state index in [2.05, 4.69) is 15.0 Å². The van der Waals surface area contributed by atoms with Crippen LogP contribution in [0.5, 0.6) is 0 Å². The van der Waals surface area contributed by atoms with Crippen LogP contribution in [-0.2, 0) is 13.6 Å². The lowest BCUT2D eigenvalue weighted by Crippen LogP contribution is -2.24. The van der Waals surface area contributed by atoms with Crippen molar-refractivity contribution in [3.8, 4) is 10.6 Å². The molecule has 0 saturated carbocycles. The summed E-state index contributed by atoms with van der Waals surface area (Å²) >= 11 is 1.49. The Morgan fingerprint density at radius 3 is 2.78 bits per heavy atom. The summed E-state index contributed by atoms with van der Waals surface area (Å²) in [5.41, 5.74) is 3.19. The molecule has 0 aromatic carbocycles. The standard InChI is InChI=1S/C16H24N4O2S/c1-10(21)6-7-19(4)8-13-9-23-15(17-13)14-11(2)12(3)18-20(5)16(14)22/h9-10,21H,6-8H2,1-5H3. The zero-order valence-corrected chi connectivity index (χ0v) is 15.1. The molecule has 0 radical (unpaired) electrons. The molecule has 6 nitrogen and oxygen atoms in total. The van der Waals surface area contributed by atoms with Crippen LogP contribution < -0.4 is 5.56 Å². The van der Waals surface area contributed by atoms with Crippen LogP contribution in [0.4, 0.5) is 0 Å². The van der Waals surface area contributed by atoms with Crippen LogP contribution in [-0.4, -0.2) is 44.5 Å². The molecule has 0 amide bonds. The minimum absolute atomic E-state index is 0.114. The van der Waals surface area contributed by atoms with Crippen LogP contribution in [0.15, 0.2) is 10.2 Å². The molecule has 1 unspecified atom stereocenters. The maximum Gasteiger partial charge on any atom is 0.277 e. The fraction of sp³-hybridized carbons (Fsp3) is 0.562. The predicted molar refractivity (Wildman–Crippen MR) is 92.7 cm³/mol. The number of nitrogens with zero attached hydrogens (tertiary/aromatic N) is 4. The van der Waals surface area contributed by atoms with Crippen molar-refractivity contribution < 1.29 is 5.11 Å². The second-order valence-electron chi connectivity index (χ2n) is 6.03. The van der Waals surface area contributed by atoms with Crippen LogP contribution in [0, 0.1) is 13.8 Å². The summed E-state index contributed by atoms with van der Waals surface area (Å²) in [6.07, 6.45) is 0.436. The highest BCUT2D eigenvalue weighted by Gasteiger charge is 2.16. The van der Waals surface area contributed by atoms with Gasteiger partial charge in [0.25, 0.3) is 5.56 Å². The van der Waals surface area contributed by atoms with Crippen LogP contribution in [0.1, 0.15) is 30.3 Å². The second kappa shape index (κ2) is 7.33. The van der Waals surface area contributed by atoms with E-state index < -0.39 is 0 Å². The lowest BCUT2D eigenvalue weighted by Gasteiger charge is -2.15. The molecule has 2 aromatic rings. The van der Waals surface area contributed by atoms with E-state index in [1.807, 2.05) is 26.3 Å². The van der Waals surface area contributed by atoms with Crippen molar-refractivity contribution in [1.29, 1.82) is 0 Å². The molecule has 2 aromatic heterocycles. The molecule has 0 aliphatic carbocycles. The quantitative estimate of drug-likeness (QED) is 0.870. The average Bonchev–Trinajstić information content (AvgIpc) is 2.91. The molecule has 0 aliphatic heterocycles. The van der Waals surface area contributed by atoms with Gasteiger partial charge in [-0.25, -0.2) is 9.67 Å². The van der Waals surface area contributed by atoms with E-state index in [0.717, 1.165) is 34.9 Å². The molecule has 1 atom stereocenters. The molecule has 126 valence electrons. The summed E-state index contributed by atoms with van der Waals surface area (Å²) in [5.74, 6) is 0. The van der Waals surface area contributed by atoms with Crippen molar-refractivity contribution in [2.24, 2.45) is 7.05 Å². The van der Waals surface area contributed by atoms with Gasteiger partial charge >= 0.3 is 0 Å². The van der Waals surface area contributed by atoms with E-state index >= 15 is 0 Å². The van der Waals surface area contributed by atoms with Crippen molar-refractivity contribution in [3.05, 3.63) is 32.7 Å². The molecule has 0 aliphatic rings. The molecule has 0 saturated heterocycles. The number of rotatable bonds is 6. The number of hydrogen-bond acceptors (Lipinski definition) is 6. The van der Waals surface area contributed by atoms with E-state index in [1.165, 1.54) is 16.0 Å². The first kappa shape index (κ1) is 17.8. The molecule has 0 spiro atoms. The van der Waals surface area contributed by atoms with E-state index in [4.69, 9.17) is 0 Å². The fourth-order valence-corrected chi connectivity index (χ4v) is 3.26. The van der Waals surface area contributed by atoms with Gasteiger partial charge in [0, 0.05) is 25.5 Å². The lowest BCUT2D eigenvalue weighted by atomic mass is 10.1. The van der Waals surface area contributed by atoms with Crippen LogP contribution in [0.3, 0.4) is 0 Å². The Morgan fingerprint density at radius 1 is 1.43 bits per heavy atom. The first-order valence-corrected chi connectivity index (χ1v) is 8.53. The van der Waals surface area contributed by atoms with E-state index in [9.17, 15) is 9.90 Å². The minimum atomic E-state index is -0.297. The maximum absolute atomic E-state index is 12.4. The molecule has 2 rings (SSSR count). The molecule has 23 heavy (non-hydrogen) atoms. The van der Waals surface area contributed by atoms with Crippen molar-refractivity contribution in [1.82, 2.24) is 19.7 Å². The highest BCUT2D eigenvalue weighted by Crippen LogP contribution is 2.25. The zero-order chi connectivity index (χ0) is 17.1. The van der Waals surface area contributed by atoms with Gasteiger partial charge < -0.3 is 10.0 Å². The maximum atomic E-state index is 12.4.